The molecule has 1 aromatic heterocycles. The Morgan fingerprint density at radius 1 is 1.50 bits per heavy atom. The molecular weight excluding hydrogens is 218 g/mol. The molecule has 1 aromatic carbocycles. The number of hydrogen-bond donors (Lipinski definition) is 1. The van der Waals surface area contributed by atoms with Crippen molar-refractivity contribution in [1.82, 2.24) is 4.98 Å². The lowest BCUT2D eigenvalue weighted by Crippen LogP contribution is -1.99. The van der Waals surface area contributed by atoms with Crippen LogP contribution in [0.15, 0.2) is 29.9 Å². The predicted octanol–water partition coefficient (Wildman–Crippen LogP) is 2.94. The lowest BCUT2D eigenvalue weighted by atomic mass is 10.1. The van der Waals surface area contributed by atoms with Crippen molar-refractivity contribution in [3.8, 4) is 6.07 Å². The van der Waals surface area contributed by atoms with Gasteiger partial charge in [0.1, 0.15) is 0 Å². The summed E-state index contributed by atoms with van der Waals surface area (Å²) in [6.07, 6.45) is 1.85. The minimum absolute atomic E-state index is 0.678. The molecule has 0 radical (unpaired) electrons. The predicted molar refractivity (Wildman–Crippen MR) is 65.3 cm³/mol. The molecule has 0 atom stereocenters. The lowest BCUT2D eigenvalue weighted by molar-refractivity contribution is 1.16. The summed E-state index contributed by atoms with van der Waals surface area (Å²) in [6.45, 7) is 2.77. The molecule has 2 aromatic rings. The summed E-state index contributed by atoms with van der Waals surface area (Å²) in [5.41, 5.74) is 4.64. The van der Waals surface area contributed by atoms with E-state index >= 15 is 0 Å². The van der Waals surface area contributed by atoms with E-state index in [0.717, 1.165) is 17.8 Å². The van der Waals surface area contributed by atoms with Crippen LogP contribution in [0.25, 0.3) is 0 Å². The zero-order valence-corrected chi connectivity index (χ0v) is 9.71. The second kappa shape index (κ2) is 4.77. The van der Waals surface area contributed by atoms with Gasteiger partial charge in [0.25, 0.3) is 0 Å². The van der Waals surface area contributed by atoms with Gasteiger partial charge in [0, 0.05) is 16.8 Å². The van der Waals surface area contributed by atoms with Crippen molar-refractivity contribution in [1.29, 1.82) is 5.26 Å². The second-order valence-corrected chi connectivity index (χ2v) is 4.43. The first kappa shape index (κ1) is 10.7. The molecule has 4 heteroatoms. The normalized spacial score (nSPS) is 9.75. The van der Waals surface area contributed by atoms with Crippen molar-refractivity contribution >= 4 is 17.0 Å². The Balaban J connectivity index is 2.12. The molecule has 0 unspecified atom stereocenters. The summed E-state index contributed by atoms with van der Waals surface area (Å²) in [7, 11) is 0. The lowest BCUT2D eigenvalue weighted by Gasteiger charge is -2.08. The number of nitrogens with one attached hydrogen (secondary N) is 1. The van der Waals surface area contributed by atoms with Gasteiger partial charge in [-0.1, -0.05) is 6.07 Å². The van der Waals surface area contributed by atoms with Crippen molar-refractivity contribution in [2.75, 3.05) is 5.32 Å². The molecule has 2 rings (SSSR count). The van der Waals surface area contributed by atoms with Crippen LogP contribution < -0.4 is 5.32 Å². The Labute approximate surface area is 98.4 Å². The fourth-order valence-electron chi connectivity index (χ4n) is 1.39. The molecular formula is C12H11N3S. The maximum atomic E-state index is 8.82. The van der Waals surface area contributed by atoms with Crippen molar-refractivity contribution in [3.05, 3.63) is 45.9 Å². The Bertz CT molecular complexity index is 512. The molecule has 0 saturated heterocycles. The molecule has 0 aliphatic heterocycles. The number of nitriles is 1. The topological polar surface area (TPSA) is 48.7 Å². The molecule has 0 saturated carbocycles. The van der Waals surface area contributed by atoms with Gasteiger partial charge >= 0.3 is 0 Å². The summed E-state index contributed by atoms with van der Waals surface area (Å²) in [6, 6.07) is 7.79. The van der Waals surface area contributed by atoms with Crippen molar-refractivity contribution in [3.63, 3.8) is 0 Å². The fourth-order valence-corrected chi connectivity index (χ4v) is 1.93. The molecule has 1 N–H and O–H groups in total. The van der Waals surface area contributed by atoms with Gasteiger partial charge in [-0.15, -0.1) is 11.3 Å². The summed E-state index contributed by atoms with van der Waals surface area (Å²) in [4.78, 5) is 5.20. The average Bonchev–Trinajstić information content (AvgIpc) is 2.81. The largest absolute Gasteiger partial charge is 0.380 e. The summed E-state index contributed by atoms with van der Waals surface area (Å²) < 4.78 is 0. The van der Waals surface area contributed by atoms with Gasteiger partial charge in [0.15, 0.2) is 0 Å². The van der Waals surface area contributed by atoms with E-state index < -0.39 is 0 Å². The monoisotopic (exact) mass is 229 g/mol. The molecule has 0 aliphatic carbocycles. The average molecular weight is 229 g/mol. The van der Waals surface area contributed by atoms with Crippen LogP contribution >= 0.6 is 11.3 Å². The minimum Gasteiger partial charge on any atom is -0.380 e. The van der Waals surface area contributed by atoms with Crippen LogP contribution in [0, 0.1) is 18.3 Å². The Kier molecular flexibility index (Phi) is 3.18. The van der Waals surface area contributed by atoms with Crippen molar-refractivity contribution in [2.24, 2.45) is 0 Å². The number of nitrogens with zero attached hydrogens (tertiary/aromatic N) is 2. The Morgan fingerprint density at radius 2 is 2.38 bits per heavy atom. The van der Waals surface area contributed by atoms with E-state index in [4.69, 9.17) is 5.26 Å². The van der Waals surface area contributed by atoms with Crippen LogP contribution in [0.5, 0.6) is 0 Å². The van der Waals surface area contributed by atoms with E-state index in [9.17, 15) is 0 Å². The van der Waals surface area contributed by atoms with Gasteiger partial charge in [-0.25, -0.2) is 0 Å². The fraction of sp³-hybridized carbons (Fsp3) is 0.167. The van der Waals surface area contributed by atoms with E-state index in [1.165, 1.54) is 4.88 Å². The van der Waals surface area contributed by atoms with Crippen LogP contribution in [0.4, 0.5) is 5.69 Å². The maximum Gasteiger partial charge on any atom is 0.0992 e. The van der Waals surface area contributed by atoms with Gasteiger partial charge in [0.2, 0.25) is 0 Å². The van der Waals surface area contributed by atoms with Crippen LogP contribution in [-0.2, 0) is 6.54 Å². The standard InChI is InChI=1S/C12H11N3S/c1-9-2-3-10(5-13)4-12(9)15-7-11-6-14-8-16-11/h2-4,6,8,15H,7H2,1H3. The van der Waals surface area contributed by atoms with E-state index in [1.807, 2.05) is 36.8 Å². The van der Waals surface area contributed by atoms with Gasteiger partial charge in [-0.05, 0) is 24.6 Å². The van der Waals surface area contributed by atoms with Gasteiger partial charge in [-0.2, -0.15) is 5.26 Å². The van der Waals surface area contributed by atoms with Crippen LogP contribution in [-0.4, -0.2) is 4.98 Å². The van der Waals surface area contributed by atoms with Crippen LogP contribution in [0.3, 0.4) is 0 Å². The van der Waals surface area contributed by atoms with Crippen molar-refractivity contribution in [2.45, 2.75) is 13.5 Å². The Hall–Kier alpha value is -1.86. The van der Waals surface area contributed by atoms with E-state index in [-0.39, 0.29) is 0 Å². The van der Waals surface area contributed by atoms with Crippen LogP contribution in [0.1, 0.15) is 16.0 Å². The van der Waals surface area contributed by atoms with E-state index in [0.29, 0.717) is 5.56 Å². The first-order chi connectivity index (χ1) is 7.79. The highest BCUT2D eigenvalue weighted by Gasteiger charge is 2.00. The highest BCUT2D eigenvalue weighted by molar-refractivity contribution is 7.09. The number of thiazole rings is 1. The molecule has 0 bridgehead atoms. The number of benzene rings is 1. The molecule has 3 nitrogen and oxygen atoms in total. The van der Waals surface area contributed by atoms with E-state index in [2.05, 4.69) is 16.4 Å². The highest BCUT2D eigenvalue weighted by Crippen LogP contribution is 2.18. The third-order valence-corrected chi connectivity index (χ3v) is 3.08. The van der Waals surface area contributed by atoms with Gasteiger partial charge in [0.05, 0.1) is 23.7 Å². The van der Waals surface area contributed by atoms with E-state index in [1.54, 1.807) is 11.3 Å². The second-order valence-electron chi connectivity index (χ2n) is 3.46. The summed E-state index contributed by atoms with van der Waals surface area (Å²) >= 11 is 1.62. The third kappa shape index (κ3) is 2.38. The molecule has 0 aliphatic rings. The van der Waals surface area contributed by atoms with Crippen molar-refractivity contribution < 1.29 is 0 Å². The summed E-state index contributed by atoms with van der Waals surface area (Å²) in [5.74, 6) is 0. The number of aryl methyl sites for hydroxylation is 1. The zero-order chi connectivity index (χ0) is 11.4. The first-order valence-electron chi connectivity index (χ1n) is 4.91. The number of anilines is 1. The molecule has 1 heterocycles. The quantitative estimate of drug-likeness (QED) is 0.880. The highest BCUT2D eigenvalue weighted by atomic mass is 32.1. The third-order valence-electron chi connectivity index (χ3n) is 2.30. The zero-order valence-electron chi connectivity index (χ0n) is 8.90. The molecule has 0 amide bonds. The maximum absolute atomic E-state index is 8.82. The number of aromatic nitrogens is 1. The number of hydrogen-bond acceptors (Lipinski definition) is 4. The SMILES string of the molecule is Cc1ccc(C#N)cc1NCc1cncs1. The molecule has 0 spiro atoms. The smallest absolute Gasteiger partial charge is 0.0992 e. The Morgan fingerprint density at radius 3 is 3.06 bits per heavy atom. The van der Waals surface area contributed by atoms with Gasteiger partial charge < -0.3 is 5.32 Å². The van der Waals surface area contributed by atoms with Crippen LogP contribution in [0.2, 0.25) is 0 Å². The molecule has 0 fully saturated rings. The molecule has 80 valence electrons. The first-order valence-corrected chi connectivity index (χ1v) is 5.79. The summed E-state index contributed by atoms with van der Waals surface area (Å²) in [5, 5.41) is 12.1. The molecule has 16 heavy (non-hydrogen) atoms. The van der Waals surface area contributed by atoms with Gasteiger partial charge in [-0.3, -0.25) is 4.98 Å². The minimum atomic E-state index is 0.678. The number of rotatable bonds is 3.